The van der Waals surface area contributed by atoms with Crippen LogP contribution in [-0.2, 0) is 0 Å². The normalized spacial score (nSPS) is 10.8. The number of rotatable bonds is 4. The molecule has 0 N–H and O–H groups in total. The Morgan fingerprint density at radius 2 is 1.91 bits per heavy atom. The molecule has 0 fully saturated rings. The topological polar surface area (TPSA) is 0 Å². The third-order valence-electron chi connectivity index (χ3n) is 1.20. The van der Waals surface area contributed by atoms with Gasteiger partial charge in [-0.1, -0.05) is 6.58 Å². The number of halogens is 3. The van der Waals surface area contributed by atoms with Crippen LogP contribution in [0.5, 0.6) is 0 Å². The summed E-state index contributed by atoms with van der Waals surface area (Å²) in [7, 11) is 0. The van der Waals surface area contributed by atoms with Crippen molar-refractivity contribution in [2.75, 3.05) is 0 Å². The fraction of sp³-hybridized carbons (Fsp3) is 0.625. The van der Waals surface area contributed by atoms with Crippen molar-refractivity contribution in [1.82, 2.24) is 0 Å². The lowest BCUT2D eigenvalue weighted by Crippen LogP contribution is -2.05. The summed E-state index contributed by atoms with van der Waals surface area (Å²) in [5, 5.41) is 0. The number of hydrogen-bond acceptors (Lipinski definition) is 0. The number of unbranched alkanes of at least 4 members (excludes halogenated alkanes) is 2. The predicted molar refractivity (Wildman–Crippen MR) is 38.2 cm³/mol. The second-order valence-electron chi connectivity index (χ2n) is 2.27. The highest BCUT2D eigenvalue weighted by molar-refractivity contribution is 4.75. The molecular weight excluding hydrogens is 153 g/mol. The highest BCUT2D eigenvalue weighted by Crippen LogP contribution is 2.22. The smallest absolute Gasteiger partial charge is 0.171 e. The van der Waals surface area contributed by atoms with Crippen molar-refractivity contribution in [2.45, 2.75) is 31.9 Å². The van der Waals surface area contributed by atoms with E-state index in [-0.39, 0.29) is 6.42 Å². The Kier molecular flexibility index (Phi) is 4.71. The van der Waals surface area contributed by atoms with E-state index >= 15 is 0 Å². The molecule has 0 saturated carbocycles. The molecule has 3 heteroatoms. The van der Waals surface area contributed by atoms with Crippen molar-refractivity contribution in [1.29, 1.82) is 0 Å². The van der Waals surface area contributed by atoms with Gasteiger partial charge in [-0.25, -0.2) is 0 Å². The molecule has 0 saturated heterocycles. The second kappa shape index (κ2) is 5.03. The zero-order chi connectivity index (χ0) is 8.74. The molecule has 0 aliphatic carbocycles. The molecule has 0 amide bonds. The van der Waals surface area contributed by atoms with Crippen molar-refractivity contribution < 1.29 is 13.2 Å². The monoisotopic (exact) mass is 164 g/mol. The van der Waals surface area contributed by atoms with Gasteiger partial charge in [0.05, 0.1) is 0 Å². The van der Waals surface area contributed by atoms with E-state index in [0.717, 1.165) is 0 Å². The largest absolute Gasteiger partial charge is 0.389 e. The molecule has 64 valence electrons. The van der Waals surface area contributed by atoms with Gasteiger partial charge >= 0.3 is 6.18 Å². The van der Waals surface area contributed by atoms with Gasteiger partial charge in [0.15, 0.2) is 0 Å². The van der Waals surface area contributed by atoms with Gasteiger partial charge in [0.2, 0.25) is 0 Å². The maximum Gasteiger partial charge on any atom is 0.389 e. The molecule has 0 aliphatic rings. The molecular formula is C8H11F3. The van der Waals surface area contributed by atoms with Crippen LogP contribution >= 0.6 is 0 Å². The van der Waals surface area contributed by atoms with Crippen LogP contribution in [0.1, 0.15) is 25.7 Å². The van der Waals surface area contributed by atoms with E-state index in [0.29, 0.717) is 12.8 Å². The fourth-order valence-electron chi connectivity index (χ4n) is 0.674. The van der Waals surface area contributed by atoms with Crippen LogP contribution < -0.4 is 0 Å². The highest BCUT2D eigenvalue weighted by atomic mass is 19.4. The van der Waals surface area contributed by atoms with Gasteiger partial charge in [-0.3, -0.25) is 0 Å². The first-order valence-corrected chi connectivity index (χ1v) is 3.47. The van der Waals surface area contributed by atoms with E-state index in [1.165, 1.54) is 0 Å². The summed E-state index contributed by atoms with van der Waals surface area (Å²) in [4.78, 5) is 0. The quantitative estimate of drug-likeness (QED) is 0.441. The Hall–Kier alpha value is -0.690. The first-order chi connectivity index (χ1) is 5.06. The minimum Gasteiger partial charge on any atom is -0.171 e. The van der Waals surface area contributed by atoms with Gasteiger partial charge < -0.3 is 0 Å². The molecule has 0 aliphatic heterocycles. The van der Waals surface area contributed by atoms with Gasteiger partial charge in [0.1, 0.15) is 0 Å². The van der Waals surface area contributed by atoms with Crippen molar-refractivity contribution in [3.63, 3.8) is 0 Å². The van der Waals surface area contributed by atoms with Gasteiger partial charge in [0.25, 0.3) is 0 Å². The molecule has 0 bridgehead atoms. The molecule has 0 atom stereocenters. The third kappa shape index (κ3) is 9.31. The van der Waals surface area contributed by atoms with Crippen molar-refractivity contribution in [2.24, 2.45) is 0 Å². The fourth-order valence-corrected chi connectivity index (χ4v) is 0.674. The first-order valence-electron chi connectivity index (χ1n) is 3.47. The van der Waals surface area contributed by atoms with Crippen molar-refractivity contribution >= 4 is 0 Å². The Morgan fingerprint density at radius 1 is 1.27 bits per heavy atom. The van der Waals surface area contributed by atoms with Crippen LogP contribution in [0.3, 0.4) is 0 Å². The Morgan fingerprint density at radius 3 is 2.36 bits per heavy atom. The molecule has 0 nitrogen and oxygen atoms in total. The van der Waals surface area contributed by atoms with E-state index in [1.54, 1.807) is 6.08 Å². The van der Waals surface area contributed by atoms with E-state index < -0.39 is 12.6 Å². The second-order valence-corrected chi connectivity index (χ2v) is 2.27. The van der Waals surface area contributed by atoms with Crippen LogP contribution in [0.25, 0.3) is 0 Å². The number of alkyl halides is 3. The maximum absolute atomic E-state index is 11.5. The van der Waals surface area contributed by atoms with Crippen LogP contribution in [0, 0.1) is 0 Å². The van der Waals surface area contributed by atoms with Crippen molar-refractivity contribution in [3.8, 4) is 0 Å². The lowest BCUT2D eigenvalue weighted by molar-refractivity contribution is -0.135. The van der Waals surface area contributed by atoms with Gasteiger partial charge in [-0.15, -0.1) is 5.73 Å². The van der Waals surface area contributed by atoms with Crippen LogP contribution in [0.4, 0.5) is 13.2 Å². The summed E-state index contributed by atoms with van der Waals surface area (Å²) in [6.07, 6.45) is -1.64. The Labute approximate surface area is 64.4 Å². The van der Waals surface area contributed by atoms with E-state index in [9.17, 15) is 13.2 Å². The first kappa shape index (κ1) is 10.3. The summed E-state index contributed by atoms with van der Waals surface area (Å²) in [5.41, 5.74) is 2.51. The molecule has 0 rings (SSSR count). The average molecular weight is 164 g/mol. The van der Waals surface area contributed by atoms with Crippen LogP contribution in [0.15, 0.2) is 18.4 Å². The summed E-state index contributed by atoms with van der Waals surface area (Å²) in [6, 6.07) is 0. The molecule has 0 spiro atoms. The summed E-state index contributed by atoms with van der Waals surface area (Å²) < 4.78 is 34.6. The number of allylic oxidation sites excluding steroid dienone is 1. The molecule has 0 radical (unpaired) electrons. The molecule has 0 aromatic rings. The van der Waals surface area contributed by atoms with Gasteiger partial charge in [-0.2, -0.15) is 13.2 Å². The van der Waals surface area contributed by atoms with Crippen LogP contribution in [0.2, 0.25) is 0 Å². The molecule has 0 heterocycles. The summed E-state index contributed by atoms with van der Waals surface area (Å²) >= 11 is 0. The standard InChI is InChI=1S/C8H11F3/c1-2-3-4-5-6-7-8(9,10)11/h3H,1,4-7H2. The zero-order valence-corrected chi connectivity index (χ0v) is 6.25. The highest BCUT2D eigenvalue weighted by Gasteiger charge is 2.25. The lowest BCUT2D eigenvalue weighted by atomic mass is 10.2. The van der Waals surface area contributed by atoms with E-state index in [1.807, 2.05) is 0 Å². The minimum absolute atomic E-state index is 0.196. The van der Waals surface area contributed by atoms with Gasteiger partial charge in [0, 0.05) is 6.42 Å². The minimum atomic E-state index is -4.00. The van der Waals surface area contributed by atoms with E-state index in [2.05, 4.69) is 12.3 Å². The maximum atomic E-state index is 11.5. The van der Waals surface area contributed by atoms with Gasteiger partial charge in [-0.05, 0) is 25.3 Å². The molecule has 0 unspecified atom stereocenters. The zero-order valence-electron chi connectivity index (χ0n) is 6.25. The molecule has 0 aromatic carbocycles. The Bertz CT molecular complexity index is 140. The van der Waals surface area contributed by atoms with Crippen LogP contribution in [-0.4, -0.2) is 6.18 Å². The van der Waals surface area contributed by atoms with Crippen molar-refractivity contribution in [3.05, 3.63) is 18.4 Å². The summed E-state index contributed by atoms with van der Waals surface area (Å²) in [5.74, 6) is 0. The number of hydrogen-bond donors (Lipinski definition) is 0. The lowest BCUT2D eigenvalue weighted by Gasteiger charge is -2.03. The SMILES string of the molecule is C=C=CCCCCC(F)(F)F. The summed E-state index contributed by atoms with van der Waals surface area (Å²) in [6.45, 7) is 3.30. The molecule has 0 aromatic heterocycles. The molecule has 11 heavy (non-hydrogen) atoms. The Balaban J connectivity index is 3.21. The average Bonchev–Trinajstić information content (AvgIpc) is 1.85. The van der Waals surface area contributed by atoms with E-state index in [4.69, 9.17) is 0 Å². The third-order valence-corrected chi connectivity index (χ3v) is 1.20. The predicted octanol–water partition coefficient (Wildman–Crippen LogP) is 3.45.